The molecule has 0 heterocycles. The number of benzene rings is 1. The number of nitrogens with two attached hydrogens (primary N) is 1. The molecule has 0 aromatic heterocycles. The second kappa shape index (κ2) is 3.74. The van der Waals surface area contributed by atoms with E-state index in [0.717, 1.165) is 17.5 Å². The molecular formula is C13H16N2O. The normalized spacial score (nSPS) is 22.8. The van der Waals surface area contributed by atoms with Crippen molar-refractivity contribution < 1.29 is 4.79 Å². The van der Waals surface area contributed by atoms with E-state index < -0.39 is 5.41 Å². The summed E-state index contributed by atoms with van der Waals surface area (Å²) in [6.07, 6.45) is 2.05. The molecule has 16 heavy (non-hydrogen) atoms. The van der Waals surface area contributed by atoms with Crippen molar-refractivity contribution in [3.8, 4) is 0 Å². The van der Waals surface area contributed by atoms with E-state index >= 15 is 0 Å². The number of hydrogen-bond donors (Lipinski definition) is 2. The minimum absolute atomic E-state index is 0.385. The Morgan fingerprint density at radius 2 is 2.19 bits per heavy atom. The molecule has 0 saturated carbocycles. The molecule has 0 fully saturated rings. The van der Waals surface area contributed by atoms with Crippen molar-refractivity contribution in [2.45, 2.75) is 31.6 Å². The van der Waals surface area contributed by atoms with Gasteiger partial charge >= 0.3 is 0 Å². The summed E-state index contributed by atoms with van der Waals surface area (Å²) in [7, 11) is 0. The van der Waals surface area contributed by atoms with Gasteiger partial charge in [0.05, 0.1) is 0 Å². The van der Waals surface area contributed by atoms with Crippen molar-refractivity contribution in [3.05, 3.63) is 35.4 Å². The van der Waals surface area contributed by atoms with Crippen LogP contribution in [0.15, 0.2) is 24.3 Å². The molecule has 0 aliphatic heterocycles. The summed E-state index contributed by atoms with van der Waals surface area (Å²) in [5.41, 5.74) is 7.23. The van der Waals surface area contributed by atoms with Gasteiger partial charge in [-0.15, -0.1) is 0 Å². The molecule has 1 aliphatic carbocycles. The maximum absolute atomic E-state index is 11.8. The van der Waals surface area contributed by atoms with Crippen LogP contribution < -0.4 is 5.73 Å². The van der Waals surface area contributed by atoms with Gasteiger partial charge < -0.3 is 11.1 Å². The Morgan fingerprint density at radius 1 is 1.50 bits per heavy atom. The number of amides is 1. The average molecular weight is 216 g/mol. The highest BCUT2D eigenvalue weighted by Crippen LogP contribution is 2.40. The summed E-state index contributed by atoms with van der Waals surface area (Å²) in [4.78, 5) is 11.8. The van der Waals surface area contributed by atoms with Crippen LogP contribution in [0.25, 0.3) is 0 Å². The van der Waals surface area contributed by atoms with Crippen LogP contribution in [0.4, 0.5) is 0 Å². The molecule has 1 aromatic carbocycles. The lowest BCUT2D eigenvalue weighted by Gasteiger charge is -2.27. The van der Waals surface area contributed by atoms with Gasteiger partial charge in [-0.1, -0.05) is 31.2 Å². The second-order valence-corrected chi connectivity index (χ2v) is 4.26. The zero-order chi connectivity index (χ0) is 11.8. The second-order valence-electron chi connectivity index (χ2n) is 4.26. The summed E-state index contributed by atoms with van der Waals surface area (Å²) >= 11 is 0. The van der Waals surface area contributed by atoms with E-state index in [0.29, 0.717) is 18.6 Å². The molecule has 0 spiro atoms. The van der Waals surface area contributed by atoms with Crippen molar-refractivity contribution in [3.63, 3.8) is 0 Å². The lowest BCUT2D eigenvalue weighted by atomic mass is 9.75. The van der Waals surface area contributed by atoms with Gasteiger partial charge in [0.25, 0.3) is 0 Å². The summed E-state index contributed by atoms with van der Waals surface area (Å²) < 4.78 is 0. The first-order valence-corrected chi connectivity index (χ1v) is 5.59. The van der Waals surface area contributed by atoms with Crippen LogP contribution in [0.1, 0.15) is 30.9 Å². The quantitative estimate of drug-likeness (QED) is 0.743. The topological polar surface area (TPSA) is 66.9 Å². The molecule has 1 atom stereocenters. The predicted molar refractivity (Wildman–Crippen MR) is 63.7 cm³/mol. The number of hydrogen-bond acceptors (Lipinski definition) is 2. The monoisotopic (exact) mass is 216 g/mol. The van der Waals surface area contributed by atoms with Gasteiger partial charge in [-0.05, 0) is 30.4 Å². The fourth-order valence-electron chi connectivity index (χ4n) is 2.63. The maximum atomic E-state index is 11.8. The van der Waals surface area contributed by atoms with E-state index in [9.17, 15) is 4.79 Å². The zero-order valence-corrected chi connectivity index (χ0v) is 9.42. The maximum Gasteiger partial charge on any atom is 0.233 e. The third-order valence-electron chi connectivity index (χ3n) is 3.54. The Hall–Kier alpha value is -1.64. The van der Waals surface area contributed by atoms with Gasteiger partial charge in [0, 0.05) is 5.71 Å². The van der Waals surface area contributed by atoms with E-state index in [1.807, 2.05) is 31.2 Å². The Labute approximate surface area is 95.2 Å². The summed E-state index contributed by atoms with van der Waals surface area (Å²) in [6.45, 7) is 1.90. The molecule has 3 nitrogen and oxygen atoms in total. The van der Waals surface area contributed by atoms with Gasteiger partial charge in [-0.3, -0.25) is 4.79 Å². The molecule has 2 rings (SSSR count). The Kier molecular flexibility index (Phi) is 2.54. The lowest BCUT2D eigenvalue weighted by molar-refractivity contribution is -0.121. The first-order chi connectivity index (χ1) is 7.63. The van der Waals surface area contributed by atoms with E-state index in [2.05, 4.69) is 0 Å². The minimum Gasteiger partial charge on any atom is -0.369 e. The fraction of sp³-hybridized carbons (Fsp3) is 0.385. The summed E-state index contributed by atoms with van der Waals surface area (Å²) in [5, 5.41) is 8.04. The number of carbonyl (C=O) groups is 1. The minimum atomic E-state index is -0.842. The van der Waals surface area contributed by atoms with E-state index in [1.165, 1.54) is 0 Å². The number of carbonyl (C=O) groups excluding carboxylic acids is 1. The third-order valence-corrected chi connectivity index (χ3v) is 3.54. The molecule has 84 valence electrons. The van der Waals surface area contributed by atoms with Crippen LogP contribution in [0.3, 0.4) is 0 Å². The van der Waals surface area contributed by atoms with Crippen LogP contribution in [0.5, 0.6) is 0 Å². The van der Waals surface area contributed by atoms with E-state index in [1.54, 1.807) is 0 Å². The molecule has 3 heteroatoms. The van der Waals surface area contributed by atoms with Crippen molar-refractivity contribution >= 4 is 11.6 Å². The van der Waals surface area contributed by atoms with Crippen LogP contribution >= 0.6 is 0 Å². The van der Waals surface area contributed by atoms with Crippen LogP contribution in [0, 0.1) is 5.41 Å². The van der Waals surface area contributed by atoms with Crippen LogP contribution in [-0.2, 0) is 16.6 Å². The van der Waals surface area contributed by atoms with Gasteiger partial charge in [0.2, 0.25) is 5.91 Å². The summed E-state index contributed by atoms with van der Waals surface area (Å²) in [6, 6.07) is 7.82. The highest BCUT2D eigenvalue weighted by molar-refractivity contribution is 6.13. The van der Waals surface area contributed by atoms with E-state index in [4.69, 9.17) is 11.1 Å². The van der Waals surface area contributed by atoms with Gasteiger partial charge in [0.1, 0.15) is 5.41 Å². The van der Waals surface area contributed by atoms with Crippen molar-refractivity contribution in [2.75, 3.05) is 0 Å². The van der Waals surface area contributed by atoms with Gasteiger partial charge in [-0.25, -0.2) is 0 Å². The molecule has 1 aromatic rings. The van der Waals surface area contributed by atoms with Gasteiger partial charge in [0.15, 0.2) is 0 Å². The molecule has 0 radical (unpaired) electrons. The Morgan fingerprint density at radius 3 is 2.81 bits per heavy atom. The number of rotatable bonds is 3. The van der Waals surface area contributed by atoms with Crippen molar-refractivity contribution in [2.24, 2.45) is 5.73 Å². The number of fused-ring (bicyclic) bond motifs is 1. The zero-order valence-electron chi connectivity index (χ0n) is 9.42. The molecule has 1 unspecified atom stereocenters. The lowest BCUT2D eigenvalue weighted by Crippen LogP contribution is -2.45. The molecule has 0 saturated heterocycles. The number of primary amides is 1. The number of aryl methyl sites for hydroxylation is 1. The fourth-order valence-corrected chi connectivity index (χ4v) is 2.63. The first kappa shape index (κ1) is 10.9. The predicted octanol–water partition coefficient (Wildman–Crippen LogP) is 1.79. The first-order valence-electron chi connectivity index (χ1n) is 5.59. The molecule has 3 N–H and O–H groups in total. The highest BCUT2D eigenvalue weighted by atomic mass is 16.1. The average Bonchev–Trinajstić information content (AvgIpc) is 2.68. The van der Waals surface area contributed by atoms with E-state index in [-0.39, 0.29) is 5.91 Å². The Bertz CT molecular complexity index is 453. The molecule has 1 aliphatic rings. The standard InChI is InChI=1S/C13H16N2O/c1-2-11(14)13(12(15)16)8-7-9-5-3-4-6-10(9)13/h3-6,14H,2,7-8H2,1H3,(H2,15,16). The highest BCUT2D eigenvalue weighted by Gasteiger charge is 2.46. The van der Waals surface area contributed by atoms with Crippen LogP contribution in [0.2, 0.25) is 0 Å². The van der Waals surface area contributed by atoms with Crippen LogP contribution in [-0.4, -0.2) is 11.6 Å². The smallest absolute Gasteiger partial charge is 0.233 e. The number of nitrogens with one attached hydrogen (secondary N) is 1. The Balaban J connectivity index is 2.60. The largest absolute Gasteiger partial charge is 0.369 e. The SMILES string of the molecule is CCC(=N)C1(C(N)=O)CCc2ccccc21. The third kappa shape index (κ3) is 1.28. The molecule has 0 bridgehead atoms. The molecular weight excluding hydrogens is 200 g/mol. The summed E-state index contributed by atoms with van der Waals surface area (Å²) in [5.74, 6) is -0.385. The van der Waals surface area contributed by atoms with Crippen molar-refractivity contribution in [1.29, 1.82) is 5.41 Å². The van der Waals surface area contributed by atoms with Gasteiger partial charge in [-0.2, -0.15) is 0 Å². The van der Waals surface area contributed by atoms with Crippen molar-refractivity contribution in [1.82, 2.24) is 0 Å². The molecule has 1 amide bonds.